The fourth-order valence-electron chi connectivity index (χ4n) is 4.94. The van der Waals surface area contributed by atoms with Crippen LogP contribution in [0, 0.1) is 12.8 Å². The number of imidazole rings is 1. The summed E-state index contributed by atoms with van der Waals surface area (Å²) in [6.07, 6.45) is 8.05. The Morgan fingerprint density at radius 3 is 2.48 bits per heavy atom. The summed E-state index contributed by atoms with van der Waals surface area (Å²) in [6, 6.07) is 8.33. The minimum atomic E-state index is -0.274. The lowest BCUT2D eigenvalue weighted by atomic mass is 10.1. The van der Waals surface area contributed by atoms with Crippen LogP contribution in [0.1, 0.15) is 64.4 Å². The molecule has 0 fully saturated rings. The van der Waals surface area contributed by atoms with Crippen molar-refractivity contribution in [2.75, 3.05) is 11.4 Å². The minimum absolute atomic E-state index is 0.212. The summed E-state index contributed by atoms with van der Waals surface area (Å²) in [5.41, 5.74) is 2.77. The standard InChI is InChI=1S/C26H37N5O2/c1-5-6-7-8-9-10-11-15-29-24(32)22-23(28(4)26(29)33)27-25-30(17-20(3)18-31(22)25)21-14-12-13-19(2)16-21/h12-14,16,20H,5-11,15,17-18H2,1-4H3/t20-/m0/s1. The maximum atomic E-state index is 13.5. The van der Waals surface area contributed by atoms with Crippen LogP contribution in [0.15, 0.2) is 33.9 Å². The summed E-state index contributed by atoms with van der Waals surface area (Å²) in [4.78, 5) is 33.5. The number of fused-ring (bicyclic) bond motifs is 3. The number of unbranched alkanes of at least 4 members (excludes halogenated alkanes) is 6. The molecule has 4 rings (SSSR count). The van der Waals surface area contributed by atoms with Crippen LogP contribution >= 0.6 is 0 Å². The third kappa shape index (κ3) is 4.63. The molecule has 0 saturated heterocycles. The second-order valence-electron chi connectivity index (χ2n) is 9.67. The first-order valence-electron chi connectivity index (χ1n) is 12.5. The van der Waals surface area contributed by atoms with Gasteiger partial charge in [-0.05, 0) is 37.0 Å². The first-order chi connectivity index (χ1) is 15.9. The van der Waals surface area contributed by atoms with Crippen molar-refractivity contribution in [1.29, 1.82) is 0 Å². The van der Waals surface area contributed by atoms with E-state index in [4.69, 9.17) is 4.98 Å². The van der Waals surface area contributed by atoms with Crippen molar-refractivity contribution < 1.29 is 0 Å². The van der Waals surface area contributed by atoms with Gasteiger partial charge in [0.15, 0.2) is 11.2 Å². The summed E-state index contributed by atoms with van der Waals surface area (Å²) in [7, 11) is 1.73. The maximum absolute atomic E-state index is 13.5. The molecular formula is C26H37N5O2. The monoisotopic (exact) mass is 451 g/mol. The highest BCUT2D eigenvalue weighted by Gasteiger charge is 2.29. The van der Waals surface area contributed by atoms with Crippen molar-refractivity contribution in [2.45, 2.75) is 78.8 Å². The molecule has 2 aromatic heterocycles. The van der Waals surface area contributed by atoms with Crippen LogP contribution in [0.3, 0.4) is 0 Å². The summed E-state index contributed by atoms with van der Waals surface area (Å²) >= 11 is 0. The minimum Gasteiger partial charge on any atom is -0.312 e. The third-order valence-corrected chi connectivity index (χ3v) is 6.74. The van der Waals surface area contributed by atoms with Gasteiger partial charge in [0.2, 0.25) is 5.95 Å². The third-order valence-electron chi connectivity index (χ3n) is 6.74. The number of aryl methyl sites for hydroxylation is 2. The van der Waals surface area contributed by atoms with Crippen LogP contribution in [0.25, 0.3) is 11.2 Å². The normalized spacial score (nSPS) is 15.9. The van der Waals surface area contributed by atoms with Crippen molar-refractivity contribution >= 4 is 22.8 Å². The van der Waals surface area contributed by atoms with Gasteiger partial charge in [-0.1, -0.05) is 64.5 Å². The first-order valence-corrected chi connectivity index (χ1v) is 12.5. The lowest BCUT2D eigenvalue weighted by molar-refractivity contribution is 0.457. The summed E-state index contributed by atoms with van der Waals surface area (Å²) in [5.74, 6) is 1.10. The Morgan fingerprint density at radius 1 is 1.03 bits per heavy atom. The molecule has 0 saturated carbocycles. The van der Waals surface area contributed by atoms with Gasteiger partial charge in [0, 0.05) is 32.4 Å². The zero-order valence-electron chi connectivity index (χ0n) is 20.5. The van der Waals surface area contributed by atoms with E-state index in [9.17, 15) is 9.59 Å². The molecule has 0 unspecified atom stereocenters. The van der Waals surface area contributed by atoms with E-state index in [1.165, 1.54) is 35.8 Å². The van der Waals surface area contributed by atoms with E-state index in [-0.39, 0.29) is 11.2 Å². The molecule has 1 atom stereocenters. The summed E-state index contributed by atoms with van der Waals surface area (Å²) in [6.45, 7) is 8.50. The van der Waals surface area contributed by atoms with Gasteiger partial charge in [-0.3, -0.25) is 13.9 Å². The van der Waals surface area contributed by atoms with Crippen molar-refractivity contribution in [3.63, 3.8) is 0 Å². The van der Waals surface area contributed by atoms with Crippen molar-refractivity contribution in [1.82, 2.24) is 18.7 Å². The molecule has 7 nitrogen and oxygen atoms in total. The highest BCUT2D eigenvalue weighted by molar-refractivity contribution is 5.77. The SMILES string of the molecule is CCCCCCCCCn1c(=O)c2c(nc3n2C[C@@H](C)CN3c2cccc(C)c2)n(C)c1=O. The average molecular weight is 452 g/mol. The Labute approximate surface area is 195 Å². The van der Waals surface area contributed by atoms with Gasteiger partial charge < -0.3 is 9.47 Å². The smallest absolute Gasteiger partial charge is 0.312 e. The Bertz CT molecular complexity index is 1240. The van der Waals surface area contributed by atoms with E-state index in [1.54, 1.807) is 11.6 Å². The number of hydrogen-bond acceptors (Lipinski definition) is 4. The zero-order valence-corrected chi connectivity index (χ0v) is 20.5. The quantitative estimate of drug-likeness (QED) is 0.441. The molecule has 1 aliphatic heterocycles. The average Bonchev–Trinajstić information content (AvgIpc) is 3.18. The molecule has 0 N–H and O–H groups in total. The van der Waals surface area contributed by atoms with Crippen LogP contribution in [0.5, 0.6) is 0 Å². The topological polar surface area (TPSA) is 65.1 Å². The van der Waals surface area contributed by atoms with Crippen LogP contribution < -0.4 is 16.1 Å². The Kier molecular flexibility index (Phi) is 7.05. The second kappa shape index (κ2) is 9.98. The predicted molar refractivity (Wildman–Crippen MR) is 135 cm³/mol. The molecule has 7 heteroatoms. The van der Waals surface area contributed by atoms with Gasteiger partial charge >= 0.3 is 5.69 Å². The zero-order chi connectivity index (χ0) is 23.5. The number of nitrogens with zero attached hydrogens (tertiary/aromatic N) is 5. The van der Waals surface area contributed by atoms with Crippen molar-refractivity contribution in [3.05, 3.63) is 50.7 Å². The number of rotatable bonds is 9. The maximum Gasteiger partial charge on any atom is 0.332 e. The molecule has 1 aromatic carbocycles. The first kappa shape index (κ1) is 23.3. The molecule has 0 amide bonds. The van der Waals surface area contributed by atoms with Gasteiger partial charge in [-0.15, -0.1) is 0 Å². The second-order valence-corrected chi connectivity index (χ2v) is 9.67. The van der Waals surface area contributed by atoms with Crippen LogP contribution in [0.4, 0.5) is 11.6 Å². The van der Waals surface area contributed by atoms with Crippen molar-refractivity contribution in [2.24, 2.45) is 13.0 Å². The van der Waals surface area contributed by atoms with Crippen LogP contribution in [0.2, 0.25) is 0 Å². The van der Waals surface area contributed by atoms with E-state index >= 15 is 0 Å². The summed E-state index contributed by atoms with van der Waals surface area (Å²) in [5, 5.41) is 0. The van der Waals surface area contributed by atoms with Gasteiger partial charge in [0.05, 0.1) is 0 Å². The van der Waals surface area contributed by atoms with E-state index in [1.807, 2.05) is 10.6 Å². The molecule has 1 aliphatic rings. The van der Waals surface area contributed by atoms with Gasteiger partial charge in [0.1, 0.15) is 0 Å². The lowest BCUT2D eigenvalue weighted by Crippen LogP contribution is -2.40. The molecule has 0 spiro atoms. The molecule has 33 heavy (non-hydrogen) atoms. The van der Waals surface area contributed by atoms with Crippen LogP contribution in [-0.2, 0) is 20.1 Å². The fraction of sp³-hybridized carbons (Fsp3) is 0.577. The molecule has 3 heterocycles. The number of aromatic nitrogens is 4. The van der Waals surface area contributed by atoms with Gasteiger partial charge in [-0.2, -0.15) is 4.98 Å². The lowest BCUT2D eigenvalue weighted by Gasteiger charge is -2.33. The van der Waals surface area contributed by atoms with E-state index in [0.717, 1.165) is 44.0 Å². The molecule has 0 aliphatic carbocycles. The molecule has 0 radical (unpaired) electrons. The van der Waals surface area contributed by atoms with E-state index < -0.39 is 0 Å². The van der Waals surface area contributed by atoms with Crippen LogP contribution in [-0.4, -0.2) is 25.2 Å². The molecule has 0 bridgehead atoms. The highest BCUT2D eigenvalue weighted by Crippen LogP contribution is 2.33. The van der Waals surface area contributed by atoms with Gasteiger partial charge in [0.25, 0.3) is 5.56 Å². The predicted octanol–water partition coefficient (Wildman–Crippen LogP) is 4.74. The van der Waals surface area contributed by atoms with Gasteiger partial charge in [-0.25, -0.2) is 4.79 Å². The van der Waals surface area contributed by atoms with E-state index in [0.29, 0.717) is 23.6 Å². The fourth-order valence-corrected chi connectivity index (χ4v) is 4.94. The Balaban J connectivity index is 1.68. The number of hydrogen-bond donors (Lipinski definition) is 0. The molecule has 178 valence electrons. The number of benzene rings is 1. The molecule has 3 aromatic rings. The largest absolute Gasteiger partial charge is 0.332 e. The van der Waals surface area contributed by atoms with E-state index in [2.05, 4.69) is 43.9 Å². The number of anilines is 2. The summed E-state index contributed by atoms with van der Waals surface area (Å²) < 4.78 is 4.98. The molecular weight excluding hydrogens is 414 g/mol. The Morgan fingerprint density at radius 2 is 1.76 bits per heavy atom. The highest BCUT2D eigenvalue weighted by atomic mass is 16.2. The van der Waals surface area contributed by atoms with Crippen molar-refractivity contribution in [3.8, 4) is 0 Å². The Hall–Kier alpha value is -2.83.